The molecule has 1 saturated heterocycles. The Morgan fingerprint density at radius 3 is 2.63 bits per heavy atom. The number of hydrogen-bond donors (Lipinski definition) is 1. The smallest absolute Gasteiger partial charge is 0.317 e. The van der Waals surface area contributed by atoms with E-state index in [0.29, 0.717) is 42.5 Å². The van der Waals surface area contributed by atoms with E-state index in [4.69, 9.17) is 16.3 Å². The van der Waals surface area contributed by atoms with Crippen molar-refractivity contribution in [3.8, 4) is 5.75 Å². The van der Waals surface area contributed by atoms with Gasteiger partial charge in [-0.05, 0) is 31.2 Å². The summed E-state index contributed by atoms with van der Waals surface area (Å²) < 4.78 is 19.4. The molecule has 2 aromatic rings. The third-order valence-corrected chi connectivity index (χ3v) is 4.83. The van der Waals surface area contributed by atoms with Crippen LogP contribution in [0.15, 0.2) is 36.5 Å². The number of methoxy groups -OCH3 is 1. The number of aromatic nitrogens is 1. The number of ether oxygens (including phenoxy) is 1. The quantitative estimate of drug-likeness (QED) is 0.865. The number of pyridine rings is 1. The Kier molecular flexibility index (Phi) is 6.01. The number of nitrogens with zero attached hydrogens (tertiary/aromatic N) is 3. The van der Waals surface area contributed by atoms with Gasteiger partial charge in [-0.25, -0.2) is 14.2 Å². The van der Waals surface area contributed by atoms with Crippen LogP contribution in [0.4, 0.5) is 15.0 Å². The predicted molar refractivity (Wildman–Crippen MR) is 103 cm³/mol. The van der Waals surface area contributed by atoms with Crippen LogP contribution in [0, 0.1) is 5.82 Å². The molecule has 0 saturated carbocycles. The number of halogens is 2. The summed E-state index contributed by atoms with van der Waals surface area (Å²) in [4.78, 5) is 20.7. The standard InChI is InChI=1S/C19H22ClFN4O2/c1-13(18-15(21)4-3-5-16(18)27-2)23-19(26)25-10-8-24(9-11-25)17-7-6-14(20)12-22-17/h3-7,12-13H,8-11H2,1-2H3,(H,23,26)/t13-/m1/s1. The van der Waals surface area contributed by atoms with E-state index in [1.165, 1.54) is 13.2 Å². The summed E-state index contributed by atoms with van der Waals surface area (Å²) in [6.07, 6.45) is 1.61. The molecule has 3 rings (SSSR count). The highest BCUT2D eigenvalue weighted by atomic mass is 35.5. The third kappa shape index (κ3) is 4.42. The minimum absolute atomic E-state index is 0.225. The van der Waals surface area contributed by atoms with Crippen LogP contribution in [-0.4, -0.2) is 49.2 Å². The first-order valence-corrected chi connectivity index (χ1v) is 9.11. The topological polar surface area (TPSA) is 57.7 Å². The van der Waals surface area contributed by atoms with Gasteiger partial charge >= 0.3 is 6.03 Å². The van der Waals surface area contributed by atoms with Gasteiger partial charge in [0, 0.05) is 32.4 Å². The lowest BCUT2D eigenvalue weighted by molar-refractivity contribution is 0.190. The number of amides is 2. The molecule has 1 atom stereocenters. The van der Waals surface area contributed by atoms with Crippen molar-refractivity contribution < 1.29 is 13.9 Å². The molecule has 144 valence electrons. The van der Waals surface area contributed by atoms with Crippen LogP contribution in [-0.2, 0) is 0 Å². The average Bonchev–Trinajstić information content (AvgIpc) is 2.68. The molecule has 27 heavy (non-hydrogen) atoms. The summed E-state index contributed by atoms with van der Waals surface area (Å²) in [6, 6.07) is 7.55. The Morgan fingerprint density at radius 2 is 2.00 bits per heavy atom. The van der Waals surface area contributed by atoms with Gasteiger partial charge in [0.2, 0.25) is 0 Å². The average molecular weight is 393 g/mol. The number of urea groups is 1. The van der Waals surface area contributed by atoms with Crippen molar-refractivity contribution in [1.29, 1.82) is 0 Å². The first-order chi connectivity index (χ1) is 13.0. The zero-order chi connectivity index (χ0) is 19.4. The maximum Gasteiger partial charge on any atom is 0.317 e. The SMILES string of the molecule is COc1cccc(F)c1[C@@H](C)NC(=O)N1CCN(c2ccc(Cl)cn2)CC1. The molecule has 6 nitrogen and oxygen atoms in total. The van der Waals surface area contributed by atoms with E-state index in [-0.39, 0.29) is 6.03 Å². The normalized spacial score (nSPS) is 15.4. The number of carbonyl (C=O) groups is 1. The molecule has 2 amide bonds. The van der Waals surface area contributed by atoms with Gasteiger partial charge in [0.15, 0.2) is 0 Å². The summed E-state index contributed by atoms with van der Waals surface area (Å²) in [5, 5.41) is 3.45. The molecule has 8 heteroatoms. The second-order valence-electron chi connectivity index (χ2n) is 6.34. The number of piperazine rings is 1. The first kappa shape index (κ1) is 19.2. The number of benzene rings is 1. The number of nitrogens with one attached hydrogen (secondary N) is 1. The molecule has 0 unspecified atom stereocenters. The van der Waals surface area contributed by atoms with Crippen LogP contribution in [0.3, 0.4) is 0 Å². The highest BCUT2D eigenvalue weighted by Gasteiger charge is 2.25. The van der Waals surface area contributed by atoms with Crippen molar-refractivity contribution >= 4 is 23.4 Å². The van der Waals surface area contributed by atoms with Gasteiger partial charge in [-0.15, -0.1) is 0 Å². The van der Waals surface area contributed by atoms with E-state index in [2.05, 4.69) is 15.2 Å². The van der Waals surface area contributed by atoms with Gasteiger partial charge in [-0.3, -0.25) is 0 Å². The van der Waals surface area contributed by atoms with E-state index < -0.39 is 11.9 Å². The van der Waals surface area contributed by atoms with E-state index in [1.54, 1.807) is 36.2 Å². The molecular formula is C19H22ClFN4O2. The fourth-order valence-corrected chi connectivity index (χ4v) is 3.27. The van der Waals surface area contributed by atoms with E-state index in [1.807, 2.05) is 6.07 Å². The maximum absolute atomic E-state index is 14.2. The Labute approximate surface area is 162 Å². The largest absolute Gasteiger partial charge is 0.496 e. The van der Waals surface area contributed by atoms with Crippen molar-refractivity contribution in [3.05, 3.63) is 52.9 Å². The van der Waals surface area contributed by atoms with Crippen LogP contribution in [0.25, 0.3) is 0 Å². The highest BCUT2D eigenvalue weighted by Crippen LogP contribution is 2.27. The van der Waals surface area contributed by atoms with E-state index >= 15 is 0 Å². The molecule has 1 aliphatic heterocycles. The van der Waals surface area contributed by atoms with Gasteiger partial charge in [-0.1, -0.05) is 17.7 Å². The summed E-state index contributed by atoms with van der Waals surface area (Å²) in [6.45, 7) is 4.18. The monoisotopic (exact) mass is 392 g/mol. The summed E-state index contributed by atoms with van der Waals surface area (Å²) in [5.74, 6) is 0.853. The lowest BCUT2D eigenvalue weighted by atomic mass is 10.1. The molecule has 1 aliphatic rings. The summed E-state index contributed by atoms with van der Waals surface area (Å²) >= 11 is 5.87. The second-order valence-corrected chi connectivity index (χ2v) is 6.77. The van der Waals surface area contributed by atoms with Crippen LogP contribution < -0.4 is 15.0 Å². The Hall–Kier alpha value is -2.54. The van der Waals surface area contributed by atoms with E-state index in [0.717, 1.165) is 5.82 Å². The molecule has 1 aromatic carbocycles. The number of hydrogen-bond acceptors (Lipinski definition) is 4. The zero-order valence-electron chi connectivity index (χ0n) is 15.3. The fourth-order valence-electron chi connectivity index (χ4n) is 3.16. The molecule has 0 radical (unpaired) electrons. The van der Waals surface area contributed by atoms with E-state index in [9.17, 15) is 9.18 Å². The van der Waals surface area contributed by atoms with Crippen LogP contribution in [0.2, 0.25) is 5.02 Å². The van der Waals surface area contributed by atoms with Crippen LogP contribution in [0.5, 0.6) is 5.75 Å². The minimum atomic E-state index is -0.510. The van der Waals surface area contributed by atoms with Gasteiger partial charge in [0.1, 0.15) is 17.4 Å². The van der Waals surface area contributed by atoms with Crippen molar-refractivity contribution in [1.82, 2.24) is 15.2 Å². The number of carbonyl (C=O) groups excluding carboxylic acids is 1. The lowest BCUT2D eigenvalue weighted by Crippen LogP contribution is -2.52. The second kappa shape index (κ2) is 8.43. The van der Waals surface area contributed by atoms with Crippen molar-refractivity contribution in [3.63, 3.8) is 0 Å². The van der Waals surface area contributed by atoms with Gasteiger partial charge in [-0.2, -0.15) is 0 Å². The summed E-state index contributed by atoms with van der Waals surface area (Å²) in [5.41, 5.74) is 0.345. The molecule has 1 fully saturated rings. The number of anilines is 1. The zero-order valence-corrected chi connectivity index (χ0v) is 16.0. The van der Waals surface area contributed by atoms with Crippen molar-refractivity contribution in [2.24, 2.45) is 0 Å². The first-order valence-electron chi connectivity index (χ1n) is 8.74. The van der Waals surface area contributed by atoms with Gasteiger partial charge < -0.3 is 19.9 Å². The third-order valence-electron chi connectivity index (χ3n) is 4.61. The Morgan fingerprint density at radius 1 is 1.26 bits per heavy atom. The molecule has 0 bridgehead atoms. The summed E-state index contributed by atoms with van der Waals surface area (Å²) in [7, 11) is 1.48. The maximum atomic E-state index is 14.2. The Bertz CT molecular complexity index is 795. The molecular weight excluding hydrogens is 371 g/mol. The predicted octanol–water partition coefficient (Wildman–Crippen LogP) is 3.48. The molecule has 1 N–H and O–H groups in total. The highest BCUT2D eigenvalue weighted by molar-refractivity contribution is 6.30. The fraction of sp³-hybridized carbons (Fsp3) is 0.368. The number of rotatable bonds is 4. The molecule has 0 spiro atoms. The van der Waals surface area contributed by atoms with Crippen molar-refractivity contribution in [2.75, 3.05) is 38.2 Å². The van der Waals surface area contributed by atoms with Crippen molar-refractivity contribution in [2.45, 2.75) is 13.0 Å². The lowest BCUT2D eigenvalue weighted by Gasteiger charge is -2.36. The van der Waals surface area contributed by atoms with Crippen LogP contribution in [0.1, 0.15) is 18.5 Å². The molecule has 0 aliphatic carbocycles. The van der Waals surface area contributed by atoms with Gasteiger partial charge in [0.05, 0.1) is 23.7 Å². The molecule has 1 aromatic heterocycles. The van der Waals surface area contributed by atoms with Gasteiger partial charge in [0.25, 0.3) is 0 Å². The molecule has 2 heterocycles. The minimum Gasteiger partial charge on any atom is -0.496 e. The Balaban J connectivity index is 1.59. The van der Waals surface area contributed by atoms with Crippen LogP contribution >= 0.6 is 11.6 Å².